The first-order valence-electron chi connectivity index (χ1n) is 10.8. The molecule has 0 radical (unpaired) electrons. The summed E-state index contributed by atoms with van der Waals surface area (Å²) in [6, 6.07) is 21.9. The van der Waals surface area contributed by atoms with Crippen molar-refractivity contribution in [3.05, 3.63) is 77.9 Å². The molecule has 1 aliphatic heterocycles. The van der Waals surface area contributed by atoms with Gasteiger partial charge in [-0.1, -0.05) is 54.6 Å². The third-order valence-electron chi connectivity index (χ3n) is 5.99. The average Bonchev–Trinajstić information content (AvgIpc) is 2.83. The molecule has 1 aliphatic rings. The van der Waals surface area contributed by atoms with Crippen LogP contribution in [0.2, 0.25) is 0 Å². The third kappa shape index (κ3) is 5.05. The number of likely N-dealkylation sites (tertiary alicyclic amines) is 1. The maximum absolute atomic E-state index is 13.0. The number of nitrogens with one attached hydrogen (secondary N) is 1. The average molecular weight is 417 g/mol. The lowest BCUT2D eigenvalue weighted by Crippen LogP contribution is -2.45. The van der Waals surface area contributed by atoms with Crippen molar-refractivity contribution in [1.29, 1.82) is 0 Å². The topological polar surface area (TPSA) is 58.6 Å². The first-order chi connectivity index (χ1) is 15.1. The molecule has 31 heavy (non-hydrogen) atoms. The maximum atomic E-state index is 13.0. The molecule has 0 bridgehead atoms. The summed E-state index contributed by atoms with van der Waals surface area (Å²) in [5.74, 6) is 0.730. The summed E-state index contributed by atoms with van der Waals surface area (Å²) >= 11 is 0. The van der Waals surface area contributed by atoms with Crippen LogP contribution in [0.5, 0.6) is 5.75 Å². The minimum atomic E-state index is -0.163. The molecule has 4 rings (SSSR count). The SMILES string of the molecule is COc1ccc(CNC(=O)[C@H]2CCCN(C(=O)Cc3cccc4ccccc34)C2)cc1. The van der Waals surface area contributed by atoms with E-state index >= 15 is 0 Å². The lowest BCUT2D eigenvalue weighted by atomic mass is 9.95. The molecule has 1 heterocycles. The van der Waals surface area contributed by atoms with Gasteiger partial charge in [0.25, 0.3) is 0 Å². The number of hydrogen-bond donors (Lipinski definition) is 1. The summed E-state index contributed by atoms with van der Waals surface area (Å²) in [6.07, 6.45) is 2.02. The summed E-state index contributed by atoms with van der Waals surface area (Å²) in [4.78, 5) is 27.6. The van der Waals surface area contributed by atoms with Crippen molar-refractivity contribution in [2.45, 2.75) is 25.8 Å². The Morgan fingerprint density at radius 2 is 1.81 bits per heavy atom. The summed E-state index contributed by atoms with van der Waals surface area (Å²) < 4.78 is 5.17. The number of rotatable bonds is 6. The van der Waals surface area contributed by atoms with E-state index in [4.69, 9.17) is 4.74 Å². The Labute approximate surface area is 183 Å². The van der Waals surface area contributed by atoms with Crippen molar-refractivity contribution in [1.82, 2.24) is 10.2 Å². The second-order valence-corrected chi connectivity index (χ2v) is 8.06. The Bertz CT molecular complexity index is 1060. The van der Waals surface area contributed by atoms with Crippen LogP contribution < -0.4 is 10.1 Å². The first-order valence-corrected chi connectivity index (χ1v) is 10.8. The number of amides is 2. The number of nitrogens with zero attached hydrogens (tertiary/aromatic N) is 1. The van der Waals surface area contributed by atoms with E-state index in [9.17, 15) is 9.59 Å². The molecular formula is C26H28N2O3. The smallest absolute Gasteiger partial charge is 0.227 e. The fraction of sp³-hybridized carbons (Fsp3) is 0.308. The van der Waals surface area contributed by atoms with Crippen molar-refractivity contribution >= 4 is 22.6 Å². The van der Waals surface area contributed by atoms with Gasteiger partial charge in [-0.15, -0.1) is 0 Å². The highest BCUT2D eigenvalue weighted by molar-refractivity contribution is 5.90. The van der Waals surface area contributed by atoms with Crippen molar-refractivity contribution in [2.75, 3.05) is 20.2 Å². The van der Waals surface area contributed by atoms with Gasteiger partial charge in [-0.25, -0.2) is 0 Å². The van der Waals surface area contributed by atoms with E-state index in [1.165, 1.54) is 0 Å². The first kappa shape index (κ1) is 20.9. The number of ether oxygens (including phenoxy) is 1. The quantitative estimate of drug-likeness (QED) is 0.662. The third-order valence-corrected chi connectivity index (χ3v) is 5.99. The van der Waals surface area contributed by atoms with E-state index in [0.29, 0.717) is 26.1 Å². The number of carbonyl (C=O) groups is 2. The van der Waals surface area contributed by atoms with E-state index in [0.717, 1.165) is 40.5 Å². The van der Waals surface area contributed by atoms with E-state index in [-0.39, 0.29) is 17.7 Å². The van der Waals surface area contributed by atoms with Crippen LogP contribution in [-0.4, -0.2) is 36.9 Å². The van der Waals surface area contributed by atoms with E-state index in [1.807, 2.05) is 53.4 Å². The predicted molar refractivity (Wildman–Crippen MR) is 122 cm³/mol. The molecule has 0 aromatic heterocycles. The number of benzene rings is 3. The van der Waals surface area contributed by atoms with Crippen LogP contribution in [0.15, 0.2) is 66.7 Å². The number of methoxy groups -OCH3 is 1. The highest BCUT2D eigenvalue weighted by Gasteiger charge is 2.28. The number of carbonyl (C=O) groups excluding carboxylic acids is 2. The van der Waals surface area contributed by atoms with Crippen LogP contribution in [-0.2, 0) is 22.6 Å². The molecule has 2 amide bonds. The molecule has 1 N–H and O–H groups in total. The summed E-state index contributed by atoms with van der Waals surface area (Å²) in [5, 5.41) is 5.28. The van der Waals surface area contributed by atoms with Gasteiger partial charge in [0.05, 0.1) is 19.4 Å². The normalized spacial score (nSPS) is 16.2. The van der Waals surface area contributed by atoms with Gasteiger partial charge in [-0.3, -0.25) is 9.59 Å². The summed E-state index contributed by atoms with van der Waals surface area (Å²) in [5.41, 5.74) is 2.06. The lowest BCUT2D eigenvalue weighted by molar-refractivity contribution is -0.135. The molecule has 1 saturated heterocycles. The molecule has 5 nitrogen and oxygen atoms in total. The monoisotopic (exact) mass is 416 g/mol. The Balaban J connectivity index is 1.34. The zero-order chi connectivity index (χ0) is 21.6. The van der Waals surface area contributed by atoms with Gasteiger partial charge in [-0.2, -0.15) is 0 Å². The van der Waals surface area contributed by atoms with Crippen molar-refractivity contribution in [3.8, 4) is 5.75 Å². The molecule has 0 saturated carbocycles. The molecular weight excluding hydrogens is 388 g/mol. The minimum Gasteiger partial charge on any atom is -0.497 e. The van der Waals surface area contributed by atoms with Crippen molar-refractivity contribution in [2.24, 2.45) is 5.92 Å². The second kappa shape index (κ2) is 9.65. The Morgan fingerprint density at radius 3 is 2.61 bits per heavy atom. The fourth-order valence-corrected chi connectivity index (χ4v) is 4.22. The van der Waals surface area contributed by atoms with E-state index in [1.54, 1.807) is 7.11 Å². The summed E-state index contributed by atoms with van der Waals surface area (Å²) in [7, 11) is 1.63. The van der Waals surface area contributed by atoms with Crippen LogP contribution in [0.4, 0.5) is 0 Å². The van der Waals surface area contributed by atoms with Gasteiger partial charge in [0.2, 0.25) is 11.8 Å². The molecule has 5 heteroatoms. The second-order valence-electron chi connectivity index (χ2n) is 8.06. The largest absolute Gasteiger partial charge is 0.497 e. The van der Waals surface area contributed by atoms with Gasteiger partial charge in [0, 0.05) is 19.6 Å². The maximum Gasteiger partial charge on any atom is 0.227 e. The molecule has 0 unspecified atom stereocenters. The number of piperidine rings is 1. The molecule has 160 valence electrons. The molecule has 1 fully saturated rings. The van der Waals surface area contributed by atoms with Crippen LogP contribution in [0, 0.1) is 5.92 Å². The van der Waals surface area contributed by atoms with Crippen molar-refractivity contribution in [3.63, 3.8) is 0 Å². The lowest BCUT2D eigenvalue weighted by Gasteiger charge is -2.32. The molecule has 3 aromatic carbocycles. The predicted octanol–water partition coefficient (Wildman–Crippen LogP) is 3.95. The van der Waals surface area contributed by atoms with Crippen LogP contribution in [0.3, 0.4) is 0 Å². The van der Waals surface area contributed by atoms with Crippen LogP contribution >= 0.6 is 0 Å². The molecule has 0 spiro atoms. The van der Waals surface area contributed by atoms with Gasteiger partial charge >= 0.3 is 0 Å². The minimum absolute atomic E-state index is 0.0125. The molecule has 3 aromatic rings. The highest BCUT2D eigenvalue weighted by Crippen LogP contribution is 2.22. The van der Waals surface area contributed by atoms with E-state index < -0.39 is 0 Å². The standard InChI is InChI=1S/C26H28N2O3/c1-31-23-13-11-19(12-14-23)17-27-26(30)22-9-5-15-28(18-22)25(29)16-21-8-4-7-20-6-2-3-10-24(20)21/h2-4,6-8,10-14,22H,5,9,15-18H2,1H3,(H,27,30)/t22-/m0/s1. The number of fused-ring (bicyclic) bond motifs is 1. The Kier molecular flexibility index (Phi) is 6.51. The Morgan fingerprint density at radius 1 is 1.03 bits per heavy atom. The fourth-order valence-electron chi connectivity index (χ4n) is 4.22. The van der Waals surface area contributed by atoms with Gasteiger partial charge < -0.3 is 15.0 Å². The van der Waals surface area contributed by atoms with Crippen molar-refractivity contribution < 1.29 is 14.3 Å². The molecule has 0 aliphatic carbocycles. The highest BCUT2D eigenvalue weighted by atomic mass is 16.5. The van der Waals surface area contributed by atoms with E-state index in [2.05, 4.69) is 23.5 Å². The van der Waals surface area contributed by atoms with Gasteiger partial charge in [0.15, 0.2) is 0 Å². The Hall–Kier alpha value is -3.34. The van der Waals surface area contributed by atoms with Gasteiger partial charge in [0.1, 0.15) is 5.75 Å². The zero-order valence-corrected chi connectivity index (χ0v) is 17.8. The summed E-state index contributed by atoms with van der Waals surface area (Å²) in [6.45, 7) is 1.67. The zero-order valence-electron chi connectivity index (χ0n) is 17.8. The number of hydrogen-bond acceptors (Lipinski definition) is 3. The van der Waals surface area contributed by atoms with Gasteiger partial charge in [-0.05, 0) is 46.9 Å². The van der Waals surface area contributed by atoms with Crippen LogP contribution in [0.25, 0.3) is 10.8 Å². The van der Waals surface area contributed by atoms with Crippen LogP contribution in [0.1, 0.15) is 24.0 Å². The molecule has 1 atom stereocenters.